The van der Waals surface area contributed by atoms with Crippen LogP contribution in [0.1, 0.15) is 12.1 Å². The monoisotopic (exact) mass is 409 g/mol. The minimum absolute atomic E-state index is 0.200. The molecule has 0 aliphatic carbocycles. The molecular weight excluding hydrogens is 390 g/mol. The molecule has 0 bridgehead atoms. The lowest BCUT2D eigenvalue weighted by molar-refractivity contribution is 0.258. The van der Waals surface area contributed by atoms with Gasteiger partial charge in [0.1, 0.15) is 11.5 Å². The molecule has 0 aromatic carbocycles. The zero-order chi connectivity index (χ0) is 21.8. The first-order chi connectivity index (χ1) is 14.8. The highest BCUT2D eigenvalue weighted by Crippen LogP contribution is 2.48. The third-order valence-corrected chi connectivity index (χ3v) is 6.51. The highest BCUT2D eigenvalue weighted by Gasteiger charge is 2.45. The van der Waals surface area contributed by atoms with Gasteiger partial charge < -0.3 is 0 Å². The minimum atomic E-state index is -0.528. The van der Waals surface area contributed by atoms with E-state index in [1.165, 1.54) is 12.3 Å². The number of pyridine rings is 2. The van der Waals surface area contributed by atoms with Gasteiger partial charge in [-0.05, 0) is 36.6 Å². The molecule has 1 atom stereocenters. The van der Waals surface area contributed by atoms with Crippen LogP contribution in [-0.4, -0.2) is 53.5 Å². The van der Waals surface area contributed by atoms with Crippen LogP contribution in [0.15, 0.2) is 36.8 Å². The van der Waals surface area contributed by atoms with Crippen LogP contribution in [0.25, 0.3) is 33.5 Å². The summed E-state index contributed by atoms with van der Waals surface area (Å²) in [5.74, 6) is -0.397. The summed E-state index contributed by atoms with van der Waals surface area (Å²) in [4.78, 5) is 8.65. The van der Waals surface area contributed by atoms with E-state index in [0.29, 0.717) is 30.0 Å². The Bertz CT molecular complexity index is 1330. The molecule has 1 aliphatic heterocycles. The first-order valence-electron chi connectivity index (χ1n) is 10.2. The summed E-state index contributed by atoms with van der Waals surface area (Å²) in [6, 6.07) is 7.56. The van der Waals surface area contributed by atoms with Crippen LogP contribution in [0, 0.1) is 22.6 Å². The Labute approximate surface area is 181 Å². The molecule has 0 saturated heterocycles. The molecule has 1 aliphatic rings. The summed E-state index contributed by atoms with van der Waals surface area (Å²) >= 11 is 0. The van der Waals surface area contributed by atoms with E-state index in [1.54, 1.807) is 18.5 Å². The van der Waals surface area contributed by atoms with E-state index < -0.39 is 11.2 Å². The average Bonchev–Trinajstić information content (AvgIpc) is 3.37. The quantitative estimate of drug-likeness (QED) is 0.496. The molecule has 0 fully saturated rings. The molecule has 1 unspecified atom stereocenters. The number of H-pyrrole nitrogens is 1. The summed E-state index contributed by atoms with van der Waals surface area (Å²) in [5, 5.41) is 22.7. The van der Waals surface area contributed by atoms with Gasteiger partial charge in [0, 0.05) is 22.8 Å². The maximum Gasteiger partial charge on any atom is 0.155 e. The maximum absolute atomic E-state index is 13.6. The van der Waals surface area contributed by atoms with Gasteiger partial charge in [0.05, 0.1) is 59.7 Å². The molecule has 150 valence electrons. The summed E-state index contributed by atoms with van der Waals surface area (Å²) in [5.41, 5.74) is 4.35. The lowest BCUT2D eigenvalue weighted by atomic mass is 9.32. The van der Waals surface area contributed by atoms with Crippen molar-refractivity contribution in [3.63, 3.8) is 0 Å². The summed E-state index contributed by atoms with van der Waals surface area (Å²) in [6.45, 7) is 0.496. The van der Waals surface area contributed by atoms with Gasteiger partial charge in [-0.1, -0.05) is 5.11 Å². The van der Waals surface area contributed by atoms with Crippen LogP contribution in [0.3, 0.4) is 0 Å². The molecule has 4 aromatic heterocycles. The van der Waals surface area contributed by atoms with Crippen molar-refractivity contribution in [3.8, 4) is 28.6 Å². The fraction of sp³-hybridized carbons (Fsp3) is 0.250. The van der Waals surface area contributed by atoms with Crippen molar-refractivity contribution < 1.29 is 4.39 Å². The number of hydrogen-bond donors (Lipinski definition) is 1. The Balaban J connectivity index is 1.76. The van der Waals surface area contributed by atoms with Crippen molar-refractivity contribution in [2.45, 2.75) is 24.5 Å². The molecule has 7 nitrogen and oxygen atoms in total. The molecule has 5 heterocycles. The predicted octanol–water partition coefficient (Wildman–Crippen LogP) is 0.452. The van der Waals surface area contributed by atoms with Gasteiger partial charge in [-0.15, -0.1) is 0 Å². The molecular formula is C20H19B3FN7. The smallest absolute Gasteiger partial charge is 0.155 e. The zero-order valence-corrected chi connectivity index (χ0v) is 17.6. The van der Waals surface area contributed by atoms with Gasteiger partial charge in [0.2, 0.25) is 0 Å². The summed E-state index contributed by atoms with van der Waals surface area (Å²) < 4.78 is 15.5. The second-order valence-electron chi connectivity index (χ2n) is 9.12. The third-order valence-electron chi connectivity index (χ3n) is 6.51. The highest BCUT2D eigenvalue weighted by atomic mass is 19.1. The van der Waals surface area contributed by atoms with Crippen LogP contribution in [0.4, 0.5) is 4.39 Å². The van der Waals surface area contributed by atoms with Crippen LogP contribution in [0.5, 0.6) is 0 Å². The Hall–Kier alpha value is -3.41. The first-order valence-corrected chi connectivity index (χ1v) is 10.2. The summed E-state index contributed by atoms with van der Waals surface area (Å²) in [6.07, 6.45) is 6.13. The molecule has 0 amide bonds. The van der Waals surface area contributed by atoms with Crippen molar-refractivity contribution in [1.82, 2.24) is 29.9 Å². The molecule has 11 heteroatoms. The lowest BCUT2D eigenvalue weighted by Crippen LogP contribution is -2.44. The number of nitrogens with one attached hydrogen (secondary N) is 1. The first kappa shape index (κ1) is 19.6. The minimum Gasteiger partial charge on any atom is -0.267 e. The largest absolute Gasteiger partial charge is 0.267 e. The number of nitriles is 1. The number of hydrogen-bond acceptors (Lipinski definition) is 5. The van der Waals surface area contributed by atoms with Gasteiger partial charge in [-0.2, -0.15) is 15.5 Å². The molecule has 0 radical (unpaired) electrons. The van der Waals surface area contributed by atoms with Gasteiger partial charge >= 0.3 is 0 Å². The number of rotatable bonds is 3. The number of aromatic amines is 1. The lowest BCUT2D eigenvalue weighted by Gasteiger charge is -2.42. The average molecular weight is 409 g/mol. The highest BCUT2D eigenvalue weighted by molar-refractivity contribution is 6.59. The Morgan fingerprint density at radius 2 is 2.03 bits per heavy atom. The van der Waals surface area contributed by atoms with Gasteiger partial charge in [0.25, 0.3) is 0 Å². The SMILES string of the molecule is BC(B)(B)C1(C#N)CCc2c(-c3ccnc4[nH]ncc34)c(-c3ccc(F)cn3)nn2C1. The maximum atomic E-state index is 13.6. The van der Waals surface area contributed by atoms with E-state index in [0.717, 1.165) is 28.6 Å². The van der Waals surface area contributed by atoms with E-state index in [9.17, 15) is 9.65 Å². The Morgan fingerprint density at radius 1 is 1.19 bits per heavy atom. The van der Waals surface area contributed by atoms with Crippen molar-refractivity contribution in [3.05, 3.63) is 48.3 Å². The van der Waals surface area contributed by atoms with Crippen LogP contribution in [-0.2, 0) is 13.0 Å². The second-order valence-corrected chi connectivity index (χ2v) is 9.12. The number of fused-ring (bicyclic) bond motifs is 2. The number of aromatic nitrogens is 6. The molecule has 5 rings (SSSR count). The van der Waals surface area contributed by atoms with Crippen molar-refractivity contribution in [1.29, 1.82) is 5.26 Å². The number of nitrogens with zero attached hydrogens (tertiary/aromatic N) is 6. The third kappa shape index (κ3) is 2.97. The van der Waals surface area contributed by atoms with E-state index in [-0.39, 0.29) is 5.11 Å². The van der Waals surface area contributed by atoms with Crippen molar-refractivity contribution in [2.24, 2.45) is 5.41 Å². The standard InChI is InChI=1S/C20H19B3FN7/c21-20(22,23)19(9-25)5-3-15-16(12-4-6-26-18-13(12)8-28-29-18)17(30-31(15)10-19)14-2-1-11(24)7-27-14/h1-2,4,6-8H,3,5,10,21-23H2,(H,26,28,29). The molecule has 0 spiro atoms. The van der Waals surface area contributed by atoms with Crippen molar-refractivity contribution >= 4 is 34.6 Å². The normalized spacial score (nSPS) is 18.6. The van der Waals surface area contributed by atoms with Gasteiger partial charge in [-0.3, -0.25) is 14.8 Å². The van der Waals surface area contributed by atoms with Crippen LogP contribution in [0.2, 0.25) is 5.11 Å². The number of halogens is 1. The fourth-order valence-electron chi connectivity index (χ4n) is 4.47. The molecule has 4 aromatic rings. The predicted molar refractivity (Wildman–Crippen MR) is 123 cm³/mol. The summed E-state index contributed by atoms with van der Waals surface area (Å²) in [7, 11) is 6.31. The van der Waals surface area contributed by atoms with Gasteiger partial charge in [-0.25, -0.2) is 9.37 Å². The molecule has 31 heavy (non-hydrogen) atoms. The van der Waals surface area contributed by atoms with E-state index in [1.807, 2.05) is 10.7 Å². The zero-order valence-electron chi connectivity index (χ0n) is 17.6. The van der Waals surface area contributed by atoms with Crippen molar-refractivity contribution in [2.75, 3.05) is 0 Å². The second kappa shape index (κ2) is 6.81. The van der Waals surface area contributed by atoms with E-state index >= 15 is 0 Å². The van der Waals surface area contributed by atoms with Crippen LogP contribution < -0.4 is 0 Å². The fourth-order valence-corrected chi connectivity index (χ4v) is 4.47. The van der Waals surface area contributed by atoms with E-state index in [4.69, 9.17) is 5.10 Å². The van der Waals surface area contributed by atoms with Crippen LogP contribution >= 0.6 is 0 Å². The topological polar surface area (TPSA) is 96.1 Å². The Morgan fingerprint density at radius 3 is 2.74 bits per heavy atom. The molecule has 0 saturated carbocycles. The molecule has 1 N–H and O–H groups in total. The van der Waals surface area contributed by atoms with Gasteiger partial charge in [0.15, 0.2) is 5.65 Å². The van der Waals surface area contributed by atoms with E-state index in [2.05, 4.69) is 49.8 Å². The Kier molecular flexibility index (Phi) is 4.29.